The molecule has 0 bridgehead atoms. The zero-order valence-electron chi connectivity index (χ0n) is 18.3. The van der Waals surface area contributed by atoms with Crippen LogP contribution >= 0.6 is 11.3 Å². The van der Waals surface area contributed by atoms with Gasteiger partial charge < -0.3 is 10.2 Å². The van der Waals surface area contributed by atoms with Gasteiger partial charge in [0.25, 0.3) is 0 Å². The number of benzene rings is 2. The van der Waals surface area contributed by atoms with Crippen molar-refractivity contribution in [3.05, 3.63) is 75.0 Å². The van der Waals surface area contributed by atoms with Gasteiger partial charge in [-0.05, 0) is 91.1 Å². The first kappa shape index (κ1) is 20.6. The zero-order chi connectivity index (χ0) is 22.2. The molecule has 0 radical (unpaired) electrons. The number of thiophene rings is 1. The van der Waals surface area contributed by atoms with Crippen LogP contribution < -0.4 is 10.2 Å². The number of carbonyl (C=O) groups is 2. The summed E-state index contributed by atoms with van der Waals surface area (Å²) in [6, 6.07) is 14.0. The molecule has 2 heterocycles. The van der Waals surface area contributed by atoms with Gasteiger partial charge in [0, 0.05) is 10.6 Å². The summed E-state index contributed by atoms with van der Waals surface area (Å²) in [5.41, 5.74) is 7.79. The molecule has 1 aliphatic heterocycles. The lowest BCUT2D eigenvalue weighted by Gasteiger charge is -2.23. The Hall–Kier alpha value is -3.25. The molecule has 6 heteroatoms. The number of rotatable bonds is 4. The molecule has 0 atom stereocenters. The first-order valence-corrected chi connectivity index (χ1v) is 11.8. The van der Waals surface area contributed by atoms with E-state index in [1.807, 2.05) is 49.6 Å². The Morgan fingerprint density at radius 2 is 1.91 bits per heavy atom. The summed E-state index contributed by atoms with van der Waals surface area (Å²) in [5, 5.41) is 4.97. The van der Waals surface area contributed by atoms with Crippen LogP contribution in [0, 0.1) is 13.8 Å². The van der Waals surface area contributed by atoms with E-state index in [-0.39, 0.29) is 24.8 Å². The summed E-state index contributed by atoms with van der Waals surface area (Å²) in [5.74, 6) is -0.330. The number of carbonyl (C=O) groups excluding carboxylic acids is 2. The number of hydrogen-bond acceptors (Lipinski definition) is 4. The molecule has 32 heavy (non-hydrogen) atoms. The SMILES string of the molecule is Cc1cc2c(cc1C)N(CC(=O)Nc1ccc3c(c1)CCC3)C(=O)CC(c1cccs1)=N2. The van der Waals surface area contributed by atoms with E-state index in [0.29, 0.717) is 5.69 Å². The van der Waals surface area contributed by atoms with E-state index in [1.165, 1.54) is 11.1 Å². The van der Waals surface area contributed by atoms with Gasteiger partial charge in [-0.25, -0.2) is 4.99 Å². The van der Waals surface area contributed by atoms with E-state index >= 15 is 0 Å². The van der Waals surface area contributed by atoms with Crippen molar-refractivity contribution in [3.63, 3.8) is 0 Å². The lowest BCUT2D eigenvalue weighted by Crippen LogP contribution is -2.38. The largest absolute Gasteiger partial charge is 0.325 e. The van der Waals surface area contributed by atoms with Crippen molar-refractivity contribution >= 4 is 45.9 Å². The van der Waals surface area contributed by atoms with Crippen LogP contribution in [0.4, 0.5) is 17.1 Å². The van der Waals surface area contributed by atoms with Gasteiger partial charge in [0.05, 0.1) is 23.5 Å². The molecule has 0 unspecified atom stereocenters. The van der Waals surface area contributed by atoms with Crippen molar-refractivity contribution in [1.29, 1.82) is 0 Å². The molecule has 2 amide bonds. The monoisotopic (exact) mass is 443 g/mol. The van der Waals surface area contributed by atoms with Gasteiger partial charge in [0.15, 0.2) is 0 Å². The van der Waals surface area contributed by atoms with E-state index < -0.39 is 0 Å². The van der Waals surface area contributed by atoms with E-state index in [9.17, 15) is 9.59 Å². The minimum atomic E-state index is -0.208. The number of hydrogen-bond donors (Lipinski definition) is 1. The second kappa shape index (κ2) is 8.36. The number of aliphatic imine (C=N–C) groups is 1. The number of aryl methyl sites for hydroxylation is 4. The minimum Gasteiger partial charge on any atom is -0.325 e. The molecule has 1 N–H and O–H groups in total. The van der Waals surface area contributed by atoms with Crippen molar-refractivity contribution in [1.82, 2.24) is 0 Å². The quantitative estimate of drug-likeness (QED) is 0.591. The number of amides is 2. The maximum absolute atomic E-state index is 13.3. The molecule has 0 saturated heterocycles. The van der Waals surface area contributed by atoms with Gasteiger partial charge in [-0.3, -0.25) is 9.59 Å². The van der Waals surface area contributed by atoms with Crippen LogP contribution in [-0.2, 0) is 22.4 Å². The summed E-state index contributed by atoms with van der Waals surface area (Å²) in [4.78, 5) is 33.7. The van der Waals surface area contributed by atoms with Crippen LogP contribution in [0.1, 0.15) is 40.0 Å². The second-order valence-electron chi connectivity index (χ2n) is 8.50. The summed E-state index contributed by atoms with van der Waals surface area (Å²) < 4.78 is 0. The molecule has 162 valence electrons. The molecular weight excluding hydrogens is 418 g/mol. The molecule has 0 spiro atoms. The third kappa shape index (κ3) is 3.98. The highest BCUT2D eigenvalue weighted by Crippen LogP contribution is 2.36. The van der Waals surface area contributed by atoms with Crippen LogP contribution in [0.25, 0.3) is 0 Å². The fourth-order valence-electron chi connectivity index (χ4n) is 4.40. The van der Waals surface area contributed by atoms with E-state index in [4.69, 9.17) is 4.99 Å². The summed E-state index contributed by atoms with van der Waals surface area (Å²) >= 11 is 1.57. The number of anilines is 2. The minimum absolute atomic E-state index is 0.0430. The van der Waals surface area contributed by atoms with Crippen molar-refractivity contribution in [2.24, 2.45) is 4.99 Å². The third-order valence-corrected chi connectivity index (χ3v) is 7.17. The van der Waals surface area contributed by atoms with Gasteiger partial charge in [-0.2, -0.15) is 0 Å². The fourth-order valence-corrected chi connectivity index (χ4v) is 5.12. The lowest BCUT2D eigenvalue weighted by molar-refractivity contribution is -0.120. The first-order chi connectivity index (χ1) is 15.5. The maximum atomic E-state index is 13.3. The fraction of sp³-hybridized carbons (Fsp3) is 0.269. The maximum Gasteiger partial charge on any atom is 0.244 e. The van der Waals surface area contributed by atoms with Crippen LogP contribution in [0.3, 0.4) is 0 Å². The van der Waals surface area contributed by atoms with E-state index in [2.05, 4.69) is 17.4 Å². The van der Waals surface area contributed by atoms with Crippen molar-refractivity contribution in [2.45, 2.75) is 39.5 Å². The number of fused-ring (bicyclic) bond motifs is 2. The van der Waals surface area contributed by atoms with E-state index in [0.717, 1.165) is 52.4 Å². The van der Waals surface area contributed by atoms with Crippen molar-refractivity contribution in [2.75, 3.05) is 16.8 Å². The molecule has 1 aliphatic carbocycles. The van der Waals surface area contributed by atoms with Crippen molar-refractivity contribution in [3.8, 4) is 0 Å². The predicted molar refractivity (Wildman–Crippen MR) is 130 cm³/mol. The van der Waals surface area contributed by atoms with Gasteiger partial charge in [-0.1, -0.05) is 12.1 Å². The Balaban J connectivity index is 1.43. The van der Waals surface area contributed by atoms with Crippen molar-refractivity contribution < 1.29 is 9.59 Å². The summed E-state index contributed by atoms with van der Waals surface area (Å²) in [7, 11) is 0. The molecule has 0 fully saturated rings. The molecule has 2 aromatic carbocycles. The Bertz CT molecular complexity index is 1240. The lowest BCUT2D eigenvalue weighted by atomic mass is 10.1. The standard InChI is InChI=1S/C26H25N3O2S/c1-16-11-21-23(12-17(16)2)29(26(31)14-22(28-21)24-7-4-10-32-24)15-25(30)27-20-9-8-18-5-3-6-19(18)13-20/h4,7-13H,3,5-6,14-15H2,1-2H3,(H,27,30). The number of nitrogens with zero attached hydrogens (tertiary/aromatic N) is 2. The zero-order valence-corrected chi connectivity index (χ0v) is 19.1. The van der Waals surface area contributed by atoms with Crippen LogP contribution in [0.15, 0.2) is 52.8 Å². The molecule has 3 aromatic rings. The highest BCUT2D eigenvalue weighted by molar-refractivity contribution is 7.12. The average Bonchev–Trinajstić information content (AvgIpc) is 3.43. The second-order valence-corrected chi connectivity index (χ2v) is 9.45. The average molecular weight is 444 g/mol. The molecular formula is C26H25N3O2S. The molecule has 5 nitrogen and oxygen atoms in total. The Morgan fingerprint density at radius 1 is 1.09 bits per heavy atom. The highest BCUT2D eigenvalue weighted by atomic mass is 32.1. The van der Waals surface area contributed by atoms with Crippen LogP contribution in [0.5, 0.6) is 0 Å². The normalized spacial score (nSPS) is 15.1. The van der Waals surface area contributed by atoms with Crippen LogP contribution in [-0.4, -0.2) is 24.1 Å². The highest BCUT2D eigenvalue weighted by Gasteiger charge is 2.28. The smallest absolute Gasteiger partial charge is 0.244 e. The third-order valence-electron chi connectivity index (χ3n) is 6.25. The van der Waals surface area contributed by atoms with Gasteiger partial charge in [0.1, 0.15) is 6.54 Å². The summed E-state index contributed by atoms with van der Waals surface area (Å²) in [6.45, 7) is 4.00. The first-order valence-electron chi connectivity index (χ1n) is 10.9. The van der Waals surface area contributed by atoms with Gasteiger partial charge >= 0.3 is 0 Å². The van der Waals surface area contributed by atoms with Crippen LogP contribution in [0.2, 0.25) is 0 Å². The molecule has 1 aromatic heterocycles. The molecule has 2 aliphatic rings. The predicted octanol–water partition coefficient (Wildman–Crippen LogP) is 5.35. The van der Waals surface area contributed by atoms with E-state index in [1.54, 1.807) is 16.2 Å². The Labute approximate surface area is 191 Å². The molecule has 5 rings (SSSR count). The molecule has 0 saturated carbocycles. The topological polar surface area (TPSA) is 61.8 Å². The number of nitrogens with one attached hydrogen (secondary N) is 1. The van der Waals surface area contributed by atoms with Gasteiger partial charge in [0.2, 0.25) is 11.8 Å². The Kier molecular flexibility index (Phi) is 5.39. The Morgan fingerprint density at radius 3 is 2.72 bits per heavy atom. The van der Waals surface area contributed by atoms with Gasteiger partial charge in [-0.15, -0.1) is 11.3 Å². The summed E-state index contributed by atoms with van der Waals surface area (Å²) in [6.07, 6.45) is 3.49.